The van der Waals surface area contributed by atoms with E-state index in [0.717, 1.165) is 54.1 Å². The van der Waals surface area contributed by atoms with Crippen molar-refractivity contribution in [3.05, 3.63) is 83.7 Å². The van der Waals surface area contributed by atoms with Gasteiger partial charge in [0.05, 0.1) is 0 Å². The van der Waals surface area contributed by atoms with Crippen LogP contribution in [-0.2, 0) is 6.42 Å². The fourth-order valence-electron chi connectivity index (χ4n) is 4.12. The lowest BCUT2D eigenvalue weighted by Gasteiger charge is -2.24. The molecule has 3 aromatic rings. The summed E-state index contributed by atoms with van der Waals surface area (Å²) >= 11 is 0. The second kappa shape index (κ2) is 11.1. The predicted octanol–water partition coefficient (Wildman–Crippen LogP) is 4.81. The highest BCUT2D eigenvalue weighted by molar-refractivity contribution is 5.94. The lowest BCUT2D eigenvalue weighted by atomic mass is 9.97. The van der Waals surface area contributed by atoms with Crippen molar-refractivity contribution in [1.29, 1.82) is 0 Å². The maximum Gasteiger partial charge on any atom is 0.251 e. The number of aromatic nitrogens is 1. The minimum atomic E-state index is -0.0141. The molecule has 1 aromatic heterocycles. The van der Waals surface area contributed by atoms with E-state index in [1.54, 1.807) is 0 Å². The number of hydrogen-bond donors (Lipinski definition) is 1. The number of ether oxygens (including phenoxy) is 1. The Hall–Kier alpha value is -3.18. The first-order valence-electron chi connectivity index (χ1n) is 11.8. The molecule has 0 saturated heterocycles. The van der Waals surface area contributed by atoms with E-state index in [1.807, 2.05) is 42.7 Å². The van der Waals surface area contributed by atoms with Gasteiger partial charge in [0.1, 0.15) is 12.4 Å². The van der Waals surface area contributed by atoms with Crippen molar-refractivity contribution in [3.63, 3.8) is 0 Å². The van der Waals surface area contributed by atoms with E-state index < -0.39 is 0 Å². The second-order valence-corrected chi connectivity index (χ2v) is 9.06. The van der Waals surface area contributed by atoms with Crippen LogP contribution in [0, 0.1) is 5.92 Å². The molecular weight excluding hydrogens is 410 g/mol. The van der Waals surface area contributed by atoms with E-state index in [-0.39, 0.29) is 5.91 Å². The van der Waals surface area contributed by atoms with Crippen LogP contribution in [0.1, 0.15) is 41.8 Å². The van der Waals surface area contributed by atoms with Crippen LogP contribution in [0.4, 0.5) is 0 Å². The summed E-state index contributed by atoms with van der Waals surface area (Å²) < 4.78 is 6.31. The number of rotatable bonds is 4. The predicted molar refractivity (Wildman–Crippen MR) is 133 cm³/mol. The molecule has 2 aromatic carbocycles. The molecule has 1 N–H and O–H groups in total. The number of amides is 1. The molecule has 1 aliphatic heterocycles. The van der Waals surface area contributed by atoms with E-state index >= 15 is 0 Å². The van der Waals surface area contributed by atoms with Gasteiger partial charge in [0, 0.05) is 44.0 Å². The minimum Gasteiger partial charge on any atom is -0.492 e. The Morgan fingerprint density at radius 3 is 2.67 bits per heavy atom. The summed E-state index contributed by atoms with van der Waals surface area (Å²) in [5.41, 5.74) is 5.17. The highest BCUT2D eigenvalue weighted by Crippen LogP contribution is 2.29. The molecule has 5 heteroatoms. The van der Waals surface area contributed by atoms with Crippen molar-refractivity contribution in [2.75, 3.05) is 32.8 Å². The van der Waals surface area contributed by atoms with Crippen molar-refractivity contribution in [3.8, 4) is 16.9 Å². The van der Waals surface area contributed by atoms with Gasteiger partial charge in [-0.3, -0.25) is 14.7 Å². The van der Waals surface area contributed by atoms with Gasteiger partial charge >= 0.3 is 0 Å². The molecule has 0 aliphatic carbocycles. The van der Waals surface area contributed by atoms with Gasteiger partial charge < -0.3 is 10.1 Å². The van der Waals surface area contributed by atoms with Crippen molar-refractivity contribution < 1.29 is 9.53 Å². The van der Waals surface area contributed by atoms with Crippen molar-refractivity contribution in [2.45, 2.75) is 26.7 Å². The molecule has 0 radical (unpaired) electrons. The molecule has 5 nitrogen and oxygen atoms in total. The van der Waals surface area contributed by atoms with Gasteiger partial charge in [0.15, 0.2) is 0 Å². The highest BCUT2D eigenvalue weighted by Gasteiger charge is 2.14. The maximum atomic E-state index is 12.7. The van der Waals surface area contributed by atoms with Crippen LogP contribution >= 0.6 is 0 Å². The van der Waals surface area contributed by atoms with E-state index in [0.29, 0.717) is 31.1 Å². The summed E-state index contributed by atoms with van der Waals surface area (Å²) in [6.45, 7) is 8.38. The van der Waals surface area contributed by atoms with Crippen LogP contribution in [0.5, 0.6) is 5.75 Å². The van der Waals surface area contributed by atoms with Gasteiger partial charge in [-0.25, -0.2) is 0 Å². The summed E-state index contributed by atoms with van der Waals surface area (Å²) in [4.78, 5) is 19.3. The SMILES string of the molecule is CC(C)CCN1CCNC(=O)c2cccc(c2)Cc2cc(-c3ccncc3)ccc2OCC1. The Kier molecular flexibility index (Phi) is 7.74. The quantitative estimate of drug-likeness (QED) is 0.629. The lowest BCUT2D eigenvalue weighted by Crippen LogP contribution is -2.38. The second-order valence-electron chi connectivity index (χ2n) is 9.06. The number of benzene rings is 2. The van der Waals surface area contributed by atoms with E-state index in [9.17, 15) is 4.79 Å². The normalized spacial score (nSPS) is 15.3. The number of nitrogens with one attached hydrogen (secondary N) is 1. The zero-order chi connectivity index (χ0) is 23.0. The standard InChI is InChI=1S/C28H33N3O2/c1-21(2)10-14-31-15-13-30-28(32)25-5-3-4-22(18-25)19-26-20-24(23-8-11-29-12-9-23)6-7-27(26)33-17-16-31/h3-9,11-12,18,20-21H,10,13-17,19H2,1-2H3,(H,30,32). The average Bonchev–Trinajstić information content (AvgIpc) is 2.83. The van der Waals surface area contributed by atoms with Gasteiger partial charge in [0.2, 0.25) is 0 Å². The fraction of sp³-hybridized carbons (Fsp3) is 0.357. The van der Waals surface area contributed by atoms with Gasteiger partial charge in [-0.1, -0.05) is 32.0 Å². The van der Waals surface area contributed by atoms with Crippen molar-refractivity contribution in [2.24, 2.45) is 5.92 Å². The summed E-state index contributed by atoms with van der Waals surface area (Å²) in [6, 6.07) is 18.3. The molecule has 0 spiro atoms. The summed E-state index contributed by atoms with van der Waals surface area (Å²) in [5, 5.41) is 3.09. The van der Waals surface area contributed by atoms with E-state index in [4.69, 9.17) is 4.74 Å². The number of hydrogen-bond acceptors (Lipinski definition) is 4. The highest BCUT2D eigenvalue weighted by atomic mass is 16.5. The van der Waals surface area contributed by atoms with Crippen molar-refractivity contribution >= 4 is 5.91 Å². The molecule has 2 bridgehead atoms. The first-order chi connectivity index (χ1) is 16.1. The zero-order valence-electron chi connectivity index (χ0n) is 19.6. The number of fused-ring (bicyclic) bond motifs is 3. The van der Waals surface area contributed by atoms with Crippen LogP contribution in [0.3, 0.4) is 0 Å². The Balaban J connectivity index is 1.64. The average molecular weight is 444 g/mol. The molecule has 4 rings (SSSR count). The van der Waals surface area contributed by atoms with E-state index in [1.165, 1.54) is 0 Å². The Labute approximate surface area is 196 Å². The van der Waals surface area contributed by atoms with Gasteiger partial charge in [-0.05, 0) is 77.5 Å². The third-order valence-corrected chi connectivity index (χ3v) is 6.06. The Morgan fingerprint density at radius 2 is 1.85 bits per heavy atom. The number of carbonyl (C=O) groups is 1. The number of nitrogens with zero attached hydrogens (tertiary/aromatic N) is 2. The number of carbonyl (C=O) groups excluding carboxylic acids is 1. The van der Waals surface area contributed by atoms with Gasteiger partial charge in [-0.2, -0.15) is 0 Å². The first kappa shape index (κ1) is 23.0. The van der Waals surface area contributed by atoms with Crippen LogP contribution < -0.4 is 10.1 Å². The molecule has 0 fully saturated rings. The smallest absolute Gasteiger partial charge is 0.251 e. The molecule has 0 unspecified atom stereocenters. The topological polar surface area (TPSA) is 54.5 Å². The molecule has 33 heavy (non-hydrogen) atoms. The molecular formula is C28H33N3O2. The van der Waals surface area contributed by atoms with Crippen LogP contribution in [0.2, 0.25) is 0 Å². The summed E-state index contributed by atoms with van der Waals surface area (Å²) in [7, 11) is 0. The third kappa shape index (κ3) is 6.42. The molecule has 1 aliphatic rings. The van der Waals surface area contributed by atoms with Gasteiger partial charge in [-0.15, -0.1) is 0 Å². The molecule has 0 saturated carbocycles. The van der Waals surface area contributed by atoms with Crippen LogP contribution in [-0.4, -0.2) is 48.6 Å². The van der Waals surface area contributed by atoms with Crippen LogP contribution in [0.15, 0.2) is 67.0 Å². The summed E-state index contributed by atoms with van der Waals surface area (Å²) in [5.74, 6) is 1.53. The Bertz CT molecular complexity index is 1070. The Morgan fingerprint density at radius 1 is 1.00 bits per heavy atom. The number of pyridine rings is 1. The van der Waals surface area contributed by atoms with Gasteiger partial charge in [0.25, 0.3) is 5.91 Å². The van der Waals surface area contributed by atoms with E-state index in [2.05, 4.69) is 53.3 Å². The third-order valence-electron chi connectivity index (χ3n) is 6.06. The monoisotopic (exact) mass is 443 g/mol. The van der Waals surface area contributed by atoms with Crippen LogP contribution in [0.25, 0.3) is 11.1 Å². The zero-order valence-corrected chi connectivity index (χ0v) is 19.6. The lowest BCUT2D eigenvalue weighted by molar-refractivity contribution is 0.0946. The molecule has 2 heterocycles. The fourth-order valence-corrected chi connectivity index (χ4v) is 4.12. The molecule has 1 amide bonds. The first-order valence-corrected chi connectivity index (χ1v) is 11.8. The minimum absolute atomic E-state index is 0.0141. The maximum absolute atomic E-state index is 12.7. The summed E-state index contributed by atoms with van der Waals surface area (Å²) in [6.07, 6.45) is 5.45. The molecule has 172 valence electrons. The molecule has 0 atom stereocenters. The largest absolute Gasteiger partial charge is 0.492 e. The van der Waals surface area contributed by atoms with Crippen molar-refractivity contribution in [1.82, 2.24) is 15.2 Å².